The molecule has 0 N–H and O–H groups in total. The van der Waals surface area contributed by atoms with Crippen LogP contribution in [0.3, 0.4) is 0 Å². The smallest absolute Gasteiger partial charge is 0.0619 e. The molecule has 0 saturated heterocycles. The molecule has 0 saturated carbocycles. The van der Waals surface area contributed by atoms with Gasteiger partial charge in [0.2, 0.25) is 0 Å². The standard InChI is InChI=1S/C71H48N2/c1-71(2)63-43-65-61(67(45-19-7-3-8-20-45)69(47-23-11-5-12-24-47)72(65)57-33-31-53-35-49-27-15-17-29-51(49)37-55(53)39-57)41-59(63)60-42-62-66(44-64(60)71)73(58-34-32-54-36-50-28-16-18-30-52(50)38-56(54)40-58)70(48-25-13-6-14-26-48)68(62)46-21-9-4-10-22-46/h3-44H,1-2H3. The average molecular weight is 929 g/mol. The van der Waals surface area contributed by atoms with Crippen molar-refractivity contribution in [2.45, 2.75) is 19.3 Å². The predicted octanol–water partition coefficient (Wildman–Crippen LogP) is 19.2. The summed E-state index contributed by atoms with van der Waals surface area (Å²) in [5.41, 5.74) is 19.2. The normalized spacial score (nSPS) is 12.9. The Bertz CT molecular complexity index is 4250. The van der Waals surface area contributed by atoms with Gasteiger partial charge >= 0.3 is 0 Å². The van der Waals surface area contributed by atoms with Gasteiger partial charge in [0.1, 0.15) is 0 Å². The molecule has 15 rings (SSSR count). The lowest BCUT2D eigenvalue weighted by atomic mass is 9.82. The Kier molecular flexibility index (Phi) is 9.04. The third-order valence-electron chi connectivity index (χ3n) is 16.0. The minimum Gasteiger partial charge on any atom is -0.309 e. The van der Waals surface area contributed by atoms with Gasteiger partial charge in [-0.05, 0) is 160 Å². The second-order valence-electron chi connectivity index (χ2n) is 20.5. The second kappa shape index (κ2) is 15.9. The first-order valence-corrected chi connectivity index (χ1v) is 25.5. The van der Waals surface area contributed by atoms with E-state index in [1.54, 1.807) is 0 Å². The van der Waals surface area contributed by atoms with E-state index in [9.17, 15) is 0 Å². The number of fused-ring (bicyclic) bond motifs is 9. The Morgan fingerprint density at radius 3 is 0.959 bits per heavy atom. The van der Waals surface area contributed by atoms with Crippen LogP contribution >= 0.6 is 0 Å². The maximum Gasteiger partial charge on any atom is 0.0619 e. The molecule has 0 bridgehead atoms. The molecular weight excluding hydrogens is 881 g/mol. The molecule has 2 nitrogen and oxygen atoms in total. The molecule has 0 atom stereocenters. The Morgan fingerprint density at radius 2 is 0.589 bits per heavy atom. The molecule has 1 aliphatic carbocycles. The third kappa shape index (κ3) is 6.37. The van der Waals surface area contributed by atoms with Crippen LogP contribution in [0.1, 0.15) is 25.0 Å². The monoisotopic (exact) mass is 928 g/mol. The quantitative estimate of drug-likeness (QED) is 0.147. The van der Waals surface area contributed by atoms with Crippen LogP contribution in [0.15, 0.2) is 255 Å². The number of nitrogens with zero attached hydrogens (tertiary/aromatic N) is 2. The van der Waals surface area contributed by atoms with Gasteiger partial charge in [0.15, 0.2) is 0 Å². The lowest BCUT2D eigenvalue weighted by Crippen LogP contribution is -2.15. The van der Waals surface area contributed by atoms with Gasteiger partial charge in [0.05, 0.1) is 22.4 Å². The van der Waals surface area contributed by atoms with E-state index in [0.717, 1.165) is 11.4 Å². The molecule has 0 unspecified atom stereocenters. The molecule has 2 aromatic heterocycles. The lowest BCUT2D eigenvalue weighted by Gasteiger charge is -2.22. The van der Waals surface area contributed by atoms with Crippen LogP contribution in [0.4, 0.5) is 0 Å². The molecule has 0 amide bonds. The molecule has 2 heterocycles. The number of rotatable bonds is 6. The van der Waals surface area contributed by atoms with Gasteiger partial charge in [-0.1, -0.05) is 196 Å². The Balaban J connectivity index is 1.04. The number of hydrogen-bond donors (Lipinski definition) is 0. The van der Waals surface area contributed by atoms with Gasteiger partial charge in [-0.2, -0.15) is 0 Å². The van der Waals surface area contributed by atoms with E-state index in [1.807, 2.05) is 0 Å². The first-order valence-electron chi connectivity index (χ1n) is 25.5. The van der Waals surface area contributed by atoms with Crippen molar-refractivity contribution in [2.24, 2.45) is 0 Å². The van der Waals surface area contributed by atoms with Crippen LogP contribution < -0.4 is 0 Å². The van der Waals surface area contributed by atoms with Crippen molar-refractivity contribution in [1.29, 1.82) is 0 Å². The zero-order chi connectivity index (χ0) is 48.4. The summed E-state index contributed by atoms with van der Waals surface area (Å²) in [7, 11) is 0. The largest absolute Gasteiger partial charge is 0.309 e. The summed E-state index contributed by atoms with van der Waals surface area (Å²) in [4.78, 5) is 0. The van der Waals surface area contributed by atoms with Crippen LogP contribution in [0.2, 0.25) is 0 Å². The highest BCUT2D eigenvalue weighted by atomic mass is 15.0. The van der Waals surface area contributed by atoms with Gasteiger partial charge in [0.25, 0.3) is 0 Å². The van der Waals surface area contributed by atoms with E-state index in [2.05, 4.69) is 278 Å². The van der Waals surface area contributed by atoms with Crippen molar-refractivity contribution in [1.82, 2.24) is 9.13 Å². The molecule has 14 aromatic rings. The Hall–Kier alpha value is -9.24. The van der Waals surface area contributed by atoms with Crippen molar-refractivity contribution >= 4 is 64.9 Å². The summed E-state index contributed by atoms with van der Waals surface area (Å²) in [5.74, 6) is 0. The third-order valence-corrected chi connectivity index (χ3v) is 16.0. The fourth-order valence-corrected chi connectivity index (χ4v) is 12.5. The average Bonchev–Trinajstić information content (AvgIpc) is 4.09. The van der Waals surface area contributed by atoms with Crippen molar-refractivity contribution in [3.63, 3.8) is 0 Å². The van der Waals surface area contributed by atoms with Crippen molar-refractivity contribution in [3.8, 4) is 67.3 Å². The van der Waals surface area contributed by atoms with E-state index in [0.29, 0.717) is 0 Å². The van der Waals surface area contributed by atoms with Gasteiger partial charge in [-0.3, -0.25) is 0 Å². The van der Waals surface area contributed by atoms with E-state index in [4.69, 9.17) is 0 Å². The number of hydrogen-bond acceptors (Lipinski definition) is 0. The highest BCUT2D eigenvalue weighted by Crippen LogP contribution is 2.56. The summed E-state index contributed by atoms with van der Waals surface area (Å²) < 4.78 is 5.10. The van der Waals surface area contributed by atoms with Crippen molar-refractivity contribution < 1.29 is 0 Å². The molecule has 0 aliphatic heterocycles. The van der Waals surface area contributed by atoms with Crippen molar-refractivity contribution in [3.05, 3.63) is 266 Å². The highest BCUT2D eigenvalue weighted by molar-refractivity contribution is 6.12. The lowest BCUT2D eigenvalue weighted by molar-refractivity contribution is 0.661. The Morgan fingerprint density at radius 1 is 0.274 bits per heavy atom. The summed E-state index contributed by atoms with van der Waals surface area (Å²) >= 11 is 0. The minimum absolute atomic E-state index is 0.332. The molecular formula is C71H48N2. The van der Waals surface area contributed by atoms with Crippen LogP contribution in [0.5, 0.6) is 0 Å². The molecule has 0 radical (unpaired) electrons. The van der Waals surface area contributed by atoms with Crippen molar-refractivity contribution in [2.75, 3.05) is 0 Å². The summed E-state index contributed by atoms with van der Waals surface area (Å²) in [6.07, 6.45) is 0. The molecule has 2 heteroatoms. The van der Waals surface area contributed by atoms with E-state index >= 15 is 0 Å². The minimum atomic E-state index is -0.332. The van der Waals surface area contributed by atoms with Crippen LogP contribution in [0, 0.1) is 0 Å². The molecule has 0 spiro atoms. The first-order chi connectivity index (χ1) is 35.9. The number of benzene rings is 12. The van der Waals surface area contributed by atoms with Crippen LogP contribution in [0.25, 0.3) is 132 Å². The van der Waals surface area contributed by atoms with E-state index in [1.165, 1.54) is 132 Å². The van der Waals surface area contributed by atoms with Gasteiger partial charge < -0.3 is 9.13 Å². The maximum absolute atomic E-state index is 2.55. The zero-order valence-corrected chi connectivity index (χ0v) is 40.6. The first kappa shape index (κ1) is 41.5. The fraction of sp³-hybridized carbons (Fsp3) is 0.0423. The highest BCUT2D eigenvalue weighted by Gasteiger charge is 2.39. The summed E-state index contributed by atoms with van der Waals surface area (Å²) in [6.45, 7) is 4.87. The fourth-order valence-electron chi connectivity index (χ4n) is 12.5. The predicted molar refractivity (Wildman–Crippen MR) is 309 cm³/mol. The molecule has 1 aliphatic rings. The Labute approximate surface area is 424 Å². The summed E-state index contributed by atoms with van der Waals surface area (Å²) in [6, 6.07) is 95.0. The van der Waals surface area contributed by atoms with Gasteiger partial charge in [-0.15, -0.1) is 0 Å². The molecule has 342 valence electrons. The SMILES string of the molecule is CC1(C)c2cc3c(cc2-c2cc4c(-c5ccccc5)c(-c5ccccc5)n(-c5ccc6cc7ccccc7cc6c5)c4cc21)c(-c1ccccc1)c(-c1ccccc1)n3-c1ccc2cc3ccccc3cc2c1. The van der Waals surface area contributed by atoms with E-state index in [-0.39, 0.29) is 5.41 Å². The molecule has 0 fully saturated rings. The maximum atomic E-state index is 2.55. The molecule has 73 heavy (non-hydrogen) atoms. The zero-order valence-electron chi connectivity index (χ0n) is 40.6. The molecule has 12 aromatic carbocycles. The van der Waals surface area contributed by atoms with Crippen LogP contribution in [-0.4, -0.2) is 9.13 Å². The topological polar surface area (TPSA) is 9.86 Å². The van der Waals surface area contributed by atoms with Gasteiger partial charge in [-0.25, -0.2) is 0 Å². The second-order valence-corrected chi connectivity index (χ2v) is 20.5. The number of aromatic nitrogens is 2. The van der Waals surface area contributed by atoms with Crippen LogP contribution in [-0.2, 0) is 5.41 Å². The summed E-state index contributed by atoms with van der Waals surface area (Å²) in [5, 5.41) is 12.4. The van der Waals surface area contributed by atoms with E-state index < -0.39 is 0 Å². The van der Waals surface area contributed by atoms with Gasteiger partial charge in [0, 0.05) is 38.7 Å².